The van der Waals surface area contributed by atoms with Gasteiger partial charge in [0.1, 0.15) is 11.5 Å². The van der Waals surface area contributed by atoms with Gasteiger partial charge in [-0.3, -0.25) is 0 Å². The summed E-state index contributed by atoms with van der Waals surface area (Å²) >= 11 is 5.75. The van der Waals surface area contributed by atoms with Crippen LogP contribution in [0.1, 0.15) is 31.2 Å². The molecule has 3 nitrogen and oxygen atoms in total. The van der Waals surface area contributed by atoms with Gasteiger partial charge in [0.25, 0.3) is 0 Å². The Balaban J connectivity index is 2.22. The van der Waals surface area contributed by atoms with Crippen LogP contribution in [0.15, 0.2) is 40.8 Å². The molecule has 1 aromatic carbocycles. The van der Waals surface area contributed by atoms with Gasteiger partial charge in [-0.2, -0.15) is 0 Å². The molecule has 2 aromatic rings. The highest BCUT2D eigenvalue weighted by atomic mass is 35.5. The van der Waals surface area contributed by atoms with Crippen molar-refractivity contribution in [2.45, 2.75) is 26.0 Å². The topological polar surface area (TPSA) is 48.4 Å². The Morgan fingerprint density at radius 2 is 2.00 bits per heavy atom. The fraction of sp³-hybridized carbons (Fsp3) is 0.286. The molecule has 0 spiro atoms. The summed E-state index contributed by atoms with van der Waals surface area (Å²) in [7, 11) is 0. The molecule has 2 N–H and O–H groups in total. The molecule has 1 heterocycles. The Bertz CT molecular complexity index is 522. The molecular weight excluding hydrogens is 250 g/mol. The lowest BCUT2D eigenvalue weighted by Gasteiger charge is -2.13. The van der Waals surface area contributed by atoms with E-state index in [-0.39, 0.29) is 12.1 Å². The van der Waals surface area contributed by atoms with Crippen LogP contribution in [0.3, 0.4) is 0 Å². The van der Waals surface area contributed by atoms with Gasteiger partial charge in [-0.25, -0.2) is 0 Å². The van der Waals surface area contributed by atoms with Crippen molar-refractivity contribution in [1.82, 2.24) is 0 Å². The second-order valence-corrected chi connectivity index (χ2v) is 4.73. The molecule has 0 saturated carbocycles. The van der Waals surface area contributed by atoms with E-state index in [2.05, 4.69) is 0 Å². The molecule has 1 atom stereocenters. The zero-order valence-corrected chi connectivity index (χ0v) is 11.1. The second kappa shape index (κ2) is 5.46. The van der Waals surface area contributed by atoms with E-state index in [1.807, 2.05) is 38.1 Å². The van der Waals surface area contributed by atoms with Gasteiger partial charge in [-0.15, -0.1) is 0 Å². The molecule has 0 saturated heterocycles. The molecule has 1 aromatic heterocycles. The molecule has 0 fully saturated rings. The number of ether oxygens (including phenoxy) is 1. The number of nitrogens with two attached hydrogens (primary N) is 1. The third-order valence-corrected chi connectivity index (χ3v) is 2.69. The smallest absolute Gasteiger partial charge is 0.193 e. The first kappa shape index (κ1) is 13.0. The van der Waals surface area contributed by atoms with Crippen molar-refractivity contribution in [2.24, 2.45) is 5.73 Å². The molecule has 0 aliphatic carbocycles. The lowest BCUT2D eigenvalue weighted by Crippen LogP contribution is -2.12. The van der Waals surface area contributed by atoms with Crippen molar-refractivity contribution >= 4 is 11.6 Å². The van der Waals surface area contributed by atoms with Crippen LogP contribution in [-0.2, 0) is 0 Å². The quantitative estimate of drug-likeness (QED) is 0.915. The number of halogens is 1. The van der Waals surface area contributed by atoms with E-state index in [1.54, 1.807) is 12.1 Å². The Labute approximate surface area is 111 Å². The molecule has 0 bridgehead atoms. The van der Waals surface area contributed by atoms with Crippen LogP contribution in [0.4, 0.5) is 0 Å². The number of hydrogen-bond donors (Lipinski definition) is 1. The maximum atomic E-state index is 6.12. The molecule has 0 aliphatic rings. The minimum absolute atomic E-state index is 0.134. The van der Waals surface area contributed by atoms with E-state index >= 15 is 0 Å². The predicted molar refractivity (Wildman–Crippen MR) is 72.0 cm³/mol. The summed E-state index contributed by atoms with van der Waals surface area (Å²) in [5, 5.41) is 0.343. The molecule has 1 unspecified atom stereocenters. The first-order chi connectivity index (χ1) is 8.56. The monoisotopic (exact) mass is 265 g/mol. The zero-order valence-electron chi connectivity index (χ0n) is 10.4. The van der Waals surface area contributed by atoms with Crippen LogP contribution in [0.5, 0.6) is 5.75 Å². The Kier molecular flexibility index (Phi) is 3.94. The third kappa shape index (κ3) is 3.06. The Morgan fingerprint density at radius 3 is 2.61 bits per heavy atom. The van der Waals surface area contributed by atoms with Crippen molar-refractivity contribution in [2.75, 3.05) is 0 Å². The third-order valence-electron chi connectivity index (χ3n) is 2.49. The maximum Gasteiger partial charge on any atom is 0.193 e. The number of benzene rings is 1. The molecular formula is C14H16ClNO2. The number of furan rings is 1. The zero-order chi connectivity index (χ0) is 13.1. The van der Waals surface area contributed by atoms with Gasteiger partial charge in [0.2, 0.25) is 0 Å². The van der Waals surface area contributed by atoms with Crippen molar-refractivity contribution < 1.29 is 9.15 Å². The van der Waals surface area contributed by atoms with Crippen molar-refractivity contribution in [3.8, 4) is 5.75 Å². The van der Waals surface area contributed by atoms with Crippen LogP contribution in [0.2, 0.25) is 5.22 Å². The normalized spacial score (nSPS) is 12.7. The fourth-order valence-corrected chi connectivity index (χ4v) is 1.87. The Hall–Kier alpha value is -1.45. The lowest BCUT2D eigenvalue weighted by molar-refractivity contribution is 0.242. The molecule has 2 rings (SSSR count). The average Bonchev–Trinajstić information content (AvgIpc) is 2.74. The highest BCUT2D eigenvalue weighted by Gasteiger charge is 2.13. The summed E-state index contributed by atoms with van der Waals surface area (Å²) < 4.78 is 11.0. The molecule has 0 radical (unpaired) electrons. The minimum Gasteiger partial charge on any atom is -0.491 e. The van der Waals surface area contributed by atoms with E-state index < -0.39 is 0 Å². The van der Waals surface area contributed by atoms with Crippen molar-refractivity contribution in [3.63, 3.8) is 0 Å². The van der Waals surface area contributed by atoms with Crippen LogP contribution in [0.25, 0.3) is 0 Å². The summed E-state index contributed by atoms with van der Waals surface area (Å²) in [5.74, 6) is 1.44. The van der Waals surface area contributed by atoms with Gasteiger partial charge in [-0.1, -0.05) is 12.1 Å². The van der Waals surface area contributed by atoms with Gasteiger partial charge in [-0.05, 0) is 55.3 Å². The van der Waals surface area contributed by atoms with Crippen LogP contribution < -0.4 is 10.5 Å². The molecule has 0 aliphatic heterocycles. The minimum atomic E-state index is -0.340. The van der Waals surface area contributed by atoms with Crippen molar-refractivity contribution in [1.29, 1.82) is 0 Å². The van der Waals surface area contributed by atoms with E-state index in [4.69, 9.17) is 26.5 Å². The maximum absolute atomic E-state index is 6.12. The first-order valence-corrected chi connectivity index (χ1v) is 6.21. The van der Waals surface area contributed by atoms with Crippen LogP contribution in [-0.4, -0.2) is 6.10 Å². The summed E-state index contributed by atoms with van der Waals surface area (Å²) in [4.78, 5) is 0. The molecule has 4 heteroatoms. The summed E-state index contributed by atoms with van der Waals surface area (Å²) in [6.45, 7) is 3.97. The highest BCUT2D eigenvalue weighted by Crippen LogP contribution is 2.26. The lowest BCUT2D eigenvalue weighted by atomic mass is 10.1. The fourth-order valence-electron chi connectivity index (χ4n) is 1.71. The highest BCUT2D eigenvalue weighted by molar-refractivity contribution is 6.28. The predicted octanol–water partition coefficient (Wildman–Crippen LogP) is 3.77. The average molecular weight is 266 g/mol. The number of rotatable bonds is 4. The summed E-state index contributed by atoms with van der Waals surface area (Å²) in [6, 6.07) is 10.8. The van der Waals surface area contributed by atoms with Crippen LogP contribution >= 0.6 is 11.6 Å². The largest absolute Gasteiger partial charge is 0.491 e. The molecule has 96 valence electrons. The summed E-state index contributed by atoms with van der Waals surface area (Å²) in [5.41, 5.74) is 7.05. The van der Waals surface area contributed by atoms with Crippen LogP contribution in [0, 0.1) is 0 Å². The van der Waals surface area contributed by atoms with Gasteiger partial charge in [0.15, 0.2) is 5.22 Å². The molecule has 18 heavy (non-hydrogen) atoms. The van der Waals surface area contributed by atoms with Crippen molar-refractivity contribution in [3.05, 3.63) is 52.9 Å². The van der Waals surface area contributed by atoms with Gasteiger partial charge in [0.05, 0.1) is 12.1 Å². The van der Waals surface area contributed by atoms with E-state index in [0.29, 0.717) is 11.0 Å². The van der Waals surface area contributed by atoms with Gasteiger partial charge < -0.3 is 14.9 Å². The second-order valence-electron chi connectivity index (χ2n) is 4.36. The van der Waals surface area contributed by atoms with Gasteiger partial charge >= 0.3 is 0 Å². The van der Waals surface area contributed by atoms with E-state index in [0.717, 1.165) is 11.3 Å². The number of hydrogen-bond acceptors (Lipinski definition) is 3. The SMILES string of the molecule is CC(C)Oc1cccc(C(N)c2ccc(Cl)o2)c1. The first-order valence-electron chi connectivity index (χ1n) is 5.83. The van der Waals surface area contributed by atoms with Gasteiger partial charge in [0, 0.05) is 0 Å². The van der Waals surface area contributed by atoms with E-state index in [9.17, 15) is 0 Å². The van der Waals surface area contributed by atoms with E-state index in [1.165, 1.54) is 0 Å². The standard InChI is InChI=1S/C14H16ClNO2/c1-9(2)17-11-5-3-4-10(8-11)14(16)12-6-7-13(15)18-12/h3-9,14H,16H2,1-2H3. The Morgan fingerprint density at radius 1 is 1.22 bits per heavy atom. The molecule has 0 amide bonds. The summed E-state index contributed by atoms with van der Waals surface area (Å²) in [6.07, 6.45) is 0.134.